The zero-order valence-electron chi connectivity index (χ0n) is 8.48. The van der Waals surface area contributed by atoms with Gasteiger partial charge in [0.05, 0.1) is 16.8 Å². The lowest BCUT2D eigenvalue weighted by atomic mass is 10.4. The molecule has 2 rings (SSSR count). The fourth-order valence-electron chi connectivity index (χ4n) is 1.17. The summed E-state index contributed by atoms with van der Waals surface area (Å²) in [5.41, 5.74) is 6.50. The van der Waals surface area contributed by atoms with Crippen LogP contribution in [0.25, 0.3) is 10.8 Å². The van der Waals surface area contributed by atoms with E-state index in [1.54, 1.807) is 13.3 Å². The van der Waals surface area contributed by atoms with Crippen molar-refractivity contribution >= 4 is 33.1 Å². The third-order valence-electron chi connectivity index (χ3n) is 1.85. The summed E-state index contributed by atoms with van der Waals surface area (Å²) in [5, 5.41) is 2.61. The number of ether oxygens (including phenoxy) is 1. The first kappa shape index (κ1) is 11.4. The second kappa shape index (κ2) is 4.86. The number of nitrogens with zero attached hydrogens (tertiary/aromatic N) is 3. The molecule has 7 heteroatoms. The Labute approximate surface area is 105 Å². The van der Waals surface area contributed by atoms with Crippen molar-refractivity contribution in [3.05, 3.63) is 21.7 Å². The van der Waals surface area contributed by atoms with Gasteiger partial charge < -0.3 is 10.5 Å². The van der Waals surface area contributed by atoms with E-state index in [0.29, 0.717) is 22.7 Å². The van der Waals surface area contributed by atoms with Crippen LogP contribution in [-0.4, -0.2) is 22.1 Å². The number of thiazole rings is 1. The van der Waals surface area contributed by atoms with Gasteiger partial charge in [-0.2, -0.15) is 0 Å². The van der Waals surface area contributed by atoms with Crippen molar-refractivity contribution in [3.63, 3.8) is 0 Å². The smallest absolute Gasteiger partial charge is 0.191 e. The van der Waals surface area contributed by atoms with Crippen LogP contribution in [0.2, 0.25) is 0 Å². The van der Waals surface area contributed by atoms with Crippen LogP contribution in [0, 0.1) is 0 Å². The highest BCUT2D eigenvalue weighted by Gasteiger charge is 2.12. The third-order valence-corrected chi connectivity index (χ3v) is 3.48. The van der Waals surface area contributed by atoms with Crippen molar-refractivity contribution in [3.8, 4) is 10.8 Å². The second-order valence-corrected chi connectivity index (χ2v) is 4.65. The molecule has 0 bridgehead atoms. The summed E-state index contributed by atoms with van der Waals surface area (Å²) in [7, 11) is 1.60. The van der Waals surface area contributed by atoms with Gasteiger partial charge >= 0.3 is 0 Å². The molecule has 0 aromatic carbocycles. The summed E-state index contributed by atoms with van der Waals surface area (Å²) < 4.78 is 5.72. The first-order valence-corrected chi connectivity index (χ1v) is 6.10. The van der Waals surface area contributed by atoms with Crippen LogP contribution in [0.5, 0.6) is 0 Å². The van der Waals surface area contributed by atoms with E-state index in [1.807, 2.05) is 5.38 Å². The summed E-state index contributed by atoms with van der Waals surface area (Å²) in [6.45, 7) is 0.381. The predicted octanol–water partition coefficient (Wildman–Crippen LogP) is 2.09. The maximum atomic E-state index is 5.78. The Bertz CT molecular complexity index is 489. The van der Waals surface area contributed by atoms with Gasteiger partial charge in [0.2, 0.25) is 0 Å². The lowest BCUT2D eigenvalue weighted by Gasteiger charge is -2.06. The number of anilines is 1. The minimum absolute atomic E-state index is 0.381. The van der Waals surface area contributed by atoms with Crippen LogP contribution in [0.1, 0.15) is 5.69 Å². The Morgan fingerprint density at radius 3 is 2.94 bits per heavy atom. The van der Waals surface area contributed by atoms with Crippen LogP contribution in [-0.2, 0) is 11.3 Å². The standard InChI is InChI=1S/C9H9BrN4OS/c1-15-4-5-6(10)7(11)14-8(13-5)9-12-2-3-16-9/h2-3H,4H2,1H3,(H2,11,13,14). The van der Waals surface area contributed by atoms with Gasteiger partial charge in [0, 0.05) is 18.7 Å². The van der Waals surface area contributed by atoms with E-state index in [2.05, 4.69) is 30.9 Å². The molecule has 0 amide bonds. The largest absolute Gasteiger partial charge is 0.383 e. The van der Waals surface area contributed by atoms with Crippen LogP contribution < -0.4 is 5.73 Å². The van der Waals surface area contributed by atoms with Crippen molar-refractivity contribution in [2.24, 2.45) is 0 Å². The van der Waals surface area contributed by atoms with E-state index >= 15 is 0 Å². The molecule has 2 heterocycles. The normalized spacial score (nSPS) is 10.6. The van der Waals surface area contributed by atoms with Crippen molar-refractivity contribution in [2.75, 3.05) is 12.8 Å². The maximum Gasteiger partial charge on any atom is 0.191 e. The molecule has 2 aromatic heterocycles. The first-order valence-electron chi connectivity index (χ1n) is 4.43. The Hall–Kier alpha value is -1.05. The van der Waals surface area contributed by atoms with E-state index < -0.39 is 0 Å². The summed E-state index contributed by atoms with van der Waals surface area (Å²) >= 11 is 4.80. The highest BCUT2D eigenvalue weighted by molar-refractivity contribution is 9.10. The van der Waals surface area contributed by atoms with Crippen molar-refractivity contribution < 1.29 is 4.74 Å². The molecular formula is C9H9BrN4OS. The fraction of sp³-hybridized carbons (Fsp3) is 0.222. The van der Waals surface area contributed by atoms with E-state index in [9.17, 15) is 0 Å². The second-order valence-electron chi connectivity index (χ2n) is 2.96. The van der Waals surface area contributed by atoms with Crippen LogP contribution >= 0.6 is 27.3 Å². The molecule has 0 saturated heterocycles. The number of aromatic nitrogens is 3. The monoisotopic (exact) mass is 300 g/mol. The summed E-state index contributed by atoms with van der Waals surface area (Å²) in [4.78, 5) is 12.7. The first-order chi connectivity index (χ1) is 7.72. The zero-order valence-corrected chi connectivity index (χ0v) is 10.9. The Kier molecular flexibility index (Phi) is 3.47. The van der Waals surface area contributed by atoms with Gasteiger partial charge in [0.25, 0.3) is 0 Å². The molecule has 16 heavy (non-hydrogen) atoms. The summed E-state index contributed by atoms with van der Waals surface area (Å²) in [5.74, 6) is 0.926. The van der Waals surface area contributed by atoms with Gasteiger partial charge in [0.1, 0.15) is 5.82 Å². The minimum Gasteiger partial charge on any atom is -0.383 e. The van der Waals surface area contributed by atoms with Gasteiger partial charge in [0.15, 0.2) is 10.8 Å². The van der Waals surface area contributed by atoms with E-state index in [0.717, 1.165) is 10.7 Å². The summed E-state index contributed by atoms with van der Waals surface area (Å²) in [6.07, 6.45) is 1.71. The van der Waals surface area contributed by atoms with E-state index in [1.165, 1.54) is 11.3 Å². The summed E-state index contributed by atoms with van der Waals surface area (Å²) in [6, 6.07) is 0. The molecule has 0 unspecified atom stereocenters. The van der Waals surface area contributed by atoms with Crippen molar-refractivity contribution in [1.82, 2.24) is 15.0 Å². The van der Waals surface area contributed by atoms with Crippen molar-refractivity contribution in [1.29, 1.82) is 0 Å². The average molecular weight is 301 g/mol. The number of nitrogens with two attached hydrogens (primary N) is 1. The predicted molar refractivity (Wildman–Crippen MR) is 66.0 cm³/mol. The maximum absolute atomic E-state index is 5.78. The van der Waals surface area contributed by atoms with Gasteiger partial charge in [-0.3, -0.25) is 0 Å². The molecule has 0 fully saturated rings. The number of rotatable bonds is 3. The molecule has 0 aliphatic heterocycles. The van der Waals surface area contributed by atoms with E-state index in [-0.39, 0.29) is 0 Å². The Morgan fingerprint density at radius 2 is 2.31 bits per heavy atom. The minimum atomic E-state index is 0.381. The Balaban J connectivity index is 2.48. The number of nitrogen functional groups attached to an aromatic ring is 1. The highest BCUT2D eigenvalue weighted by atomic mass is 79.9. The van der Waals surface area contributed by atoms with Gasteiger partial charge in [-0.25, -0.2) is 15.0 Å². The van der Waals surface area contributed by atoms with Crippen LogP contribution in [0.15, 0.2) is 16.0 Å². The number of hydrogen-bond donors (Lipinski definition) is 1. The molecule has 2 aromatic rings. The van der Waals surface area contributed by atoms with Gasteiger partial charge in [-0.05, 0) is 15.9 Å². The highest BCUT2D eigenvalue weighted by Crippen LogP contribution is 2.26. The SMILES string of the molecule is COCc1nc(-c2nccs2)nc(N)c1Br. The van der Waals surface area contributed by atoms with E-state index in [4.69, 9.17) is 10.5 Å². The van der Waals surface area contributed by atoms with Crippen LogP contribution in [0.4, 0.5) is 5.82 Å². The fourth-order valence-corrected chi connectivity index (χ4v) is 2.04. The molecule has 5 nitrogen and oxygen atoms in total. The topological polar surface area (TPSA) is 73.9 Å². The molecule has 0 spiro atoms. The number of methoxy groups -OCH3 is 1. The molecule has 84 valence electrons. The average Bonchev–Trinajstić information content (AvgIpc) is 2.78. The molecule has 0 saturated carbocycles. The Morgan fingerprint density at radius 1 is 1.50 bits per heavy atom. The molecule has 2 N–H and O–H groups in total. The molecule has 0 atom stereocenters. The van der Waals surface area contributed by atoms with Gasteiger partial charge in [-0.15, -0.1) is 11.3 Å². The lowest BCUT2D eigenvalue weighted by molar-refractivity contribution is 0.181. The molecule has 0 radical (unpaired) electrons. The molecule has 0 aliphatic rings. The zero-order chi connectivity index (χ0) is 11.5. The quantitative estimate of drug-likeness (QED) is 0.939. The molecular weight excluding hydrogens is 292 g/mol. The van der Waals surface area contributed by atoms with Crippen LogP contribution in [0.3, 0.4) is 0 Å². The van der Waals surface area contributed by atoms with Crippen molar-refractivity contribution in [2.45, 2.75) is 6.61 Å². The number of hydrogen-bond acceptors (Lipinski definition) is 6. The molecule has 0 aliphatic carbocycles. The third kappa shape index (κ3) is 2.21. The van der Waals surface area contributed by atoms with Gasteiger partial charge in [-0.1, -0.05) is 0 Å². The number of halogens is 1. The lowest BCUT2D eigenvalue weighted by Crippen LogP contribution is -2.03.